The predicted octanol–water partition coefficient (Wildman–Crippen LogP) is -1.13. The molecule has 1 aliphatic heterocycles. The van der Waals surface area contributed by atoms with Gasteiger partial charge in [0.05, 0.1) is 32.8 Å². The molecular formula is C16H25FN3O4S+. The minimum atomic E-state index is -3.85. The van der Waals surface area contributed by atoms with Crippen LogP contribution in [0.5, 0.6) is 0 Å². The molecule has 0 spiro atoms. The van der Waals surface area contributed by atoms with Gasteiger partial charge in [0.2, 0.25) is 10.0 Å². The van der Waals surface area contributed by atoms with Crippen molar-refractivity contribution in [1.82, 2.24) is 9.62 Å². The fourth-order valence-corrected chi connectivity index (χ4v) is 4.36. The van der Waals surface area contributed by atoms with Gasteiger partial charge in [-0.15, -0.1) is 0 Å². The summed E-state index contributed by atoms with van der Waals surface area (Å²) in [5, 5.41) is 2.79. The summed E-state index contributed by atoms with van der Waals surface area (Å²) in [4.78, 5) is 12.8. The van der Waals surface area contributed by atoms with E-state index in [1.54, 1.807) is 7.11 Å². The van der Waals surface area contributed by atoms with E-state index in [1.165, 1.54) is 22.5 Å². The number of halogens is 1. The number of methoxy groups -OCH3 is 1. The lowest BCUT2D eigenvalue weighted by molar-refractivity contribution is -0.917. The summed E-state index contributed by atoms with van der Waals surface area (Å²) < 4.78 is 45.2. The molecule has 1 heterocycles. The molecule has 1 aromatic carbocycles. The smallest absolute Gasteiger partial charge is 0.278 e. The summed E-state index contributed by atoms with van der Waals surface area (Å²) >= 11 is 0. The van der Waals surface area contributed by atoms with Crippen LogP contribution < -0.4 is 10.2 Å². The standard InChI is InChI=1S/C16H24FN3O4S/c1-13(16(21)18-7-12-24-2)19-8-10-20(11-9-19)25(22,23)15-6-4-3-5-14(15)17/h3-6,13H,7-12H2,1-2H3,(H,18,21)/p+1/t13-/m0/s1. The Kier molecular flexibility index (Phi) is 6.88. The Balaban J connectivity index is 1.95. The van der Waals surface area contributed by atoms with Crippen molar-refractivity contribution in [3.63, 3.8) is 0 Å². The molecule has 0 unspecified atom stereocenters. The van der Waals surface area contributed by atoms with E-state index in [1.807, 2.05) is 6.92 Å². The maximum Gasteiger partial charge on any atom is 0.278 e. The third-order valence-electron chi connectivity index (χ3n) is 4.43. The number of quaternary nitrogens is 1. The lowest BCUT2D eigenvalue weighted by Gasteiger charge is -2.34. The van der Waals surface area contributed by atoms with Gasteiger partial charge in [-0.05, 0) is 19.1 Å². The Bertz CT molecular complexity index is 690. The first-order valence-corrected chi connectivity index (χ1v) is 9.68. The Labute approximate surface area is 147 Å². The van der Waals surface area contributed by atoms with Crippen LogP contribution >= 0.6 is 0 Å². The maximum atomic E-state index is 13.8. The minimum absolute atomic E-state index is 0.0857. The Morgan fingerprint density at radius 2 is 2.00 bits per heavy atom. The number of hydrogen-bond acceptors (Lipinski definition) is 4. The van der Waals surface area contributed by atoms with Crippen molar-refractivity contribution in [3.8, 4) is 0 Å². The molecule has 1 fully saturated rings. The lowest BCUT2D eigenvalue weighted by Crippen LogP contribution is -3.19. The highest BCUT2D eigenvalue weighted by atomic mass is 32.2. The van der Waals surface area contributed by atoms with E-state index >= 15 is 0 Å². The molecule has 7 nitrogen and oxygen atoms in total. The number of carbonyl (C=O) groups is 1. The highest BCUT2D eigenvalue weighted by Gasteiger charge is 2.35. The summed E-state index contributed by atoms with van der Waals surface area (Å²) in [5.41, 5.74) is 0. The van der Waals surface area contributed by atoms with E-state index in [4.69, 9.17) is 4.74 Å². The SMILES string of the molecule is COCCNC(=O)[C@H](C)[NH+]1CCN(S(=O)(=O)c2ccccc2F)CC1. The van der Waals surface area contributed by atoms with Crippen LogP contribution in [0.25, 0.3) is 0 Å². The highest BCUT2D eigenvalue weighted by molar-refractivity contribution is 7.89. The molecule has 25 heavy (non-hydrogen) atoms. The van der Waals surface area contributed by atoms with E-state index in [2.05, 4.69) is 5.32 Å². The number of rotatable bonds is 7. The third kappa shape index (κ3) is 4.75. The van der Waals surface area contributed by atoms with E-state index in [9.17, 15) is 17.6 Å². The third-order valence-corrected chi connectivity index (χ3v) is 6.36. The van der Waals surface area contributed by atoms with Gasteiger partial charge >= 0.3 is 0 Å². The van der Waals surface area contributed by atoms with Crippen LogP contribution in [-0.4, -0.2) is 71.1 Å². The number of benzene rings is 1. The van der Waals surface area contributed by atoms with Crippen LogP contribution in [0.3, 0.4) is 0 Å². The molecule has 0 bridgehead atoms. The molecule has 9 heteroatoms. The number of sulfonamides is 1. The topological polar surface area (TPSA) is 80.2 Å². The van der Waals surface area contributed by atoms with E-state index in [0.29, 0.717) is 26.2 Å². The van der Waals surface area contributed by atoms with Crippen LogP contribution in [0.1, 0.15) is 6.92 Å². The maximum absolute atomic E-state index is 13.8. The van der Waals surface area contributed by atoms with Gasteiger partial charge in [-0.2, -0.15) is 4.31 Å². The summed E-state index contributed by atoms with van der Waals surface area (Å²) in [6.45, 7) is 4.20. The van der Waals surface area contributed by atoms with Crippen LogP contribution in [0, 0.1) is 5.82 Å². The average Bonchev–Trinajstić information content (AvgIpc) is 2.61. The van der Waals surface area contributed by atoms with Gasteiger partial charge in [0.15, 0.2) is 6.04 Å². The zero-order valence-corrected chi connectivity index (χ0v) is 15.3. The van der Waals surface area contributed by atoms with Gasteiger partial charge in [-0.25, -0.2) is 12.8 Å². The largest absolute Gasteiger partial charge is 0.383 e. The summed E-state index contributed by atoms with van der Waals surface area (Å²) in [5.74, 6) is -0.833. The number of nitrogens with one attached hydrogen (secondary N) is 2. The first-order valence-electron chi connectivity index (χ1n) is 8.24. The minimum Gasteiger partial charge on any atom is -0.383 e. The van der Waals surface area contributed by atoms with Crippen molar-refractivity contribution in [3.05, 3.63) is 30.1 Å². The lowest BCUT2D eigenvalue weighted by atomic mass is 10.2. The van der Waals surface area contributed by atoms with Crippen molar-refractivity contribution in [1.29, 1.82) is 0 Å². The molecule has 1 aromatic rings. The number of amides is 1. The monoisotopic (exact) mass is 374 g/mol. The van der Waals surface area contributed by atoms with Crippen LogP contribution in [-0.2, 0) is 19.6 Å². The van der Waals surface area contributed by atoms with Crippen molar-refractivity contribution < 1.29 is 27.2 Å². The first-order chi connectivity index (χ1) is 11.9. The quantitative estimate of drug-likeness (QED) is 0.592. The van der Waals surface area contributed by atoms with E-state index < -0.39 is 15.8 Å². The molecule has 140 valence electrons. The average molecular weight is 374 g/mol. The first kappa shape index (κ1) is 19.8. The Morgan fingerprint density at radius 1 is 1.36 bits per heavy atom. The van der Waals surface area contributed by atoms with Gasteiger partial charge in [-0.1, -0.05) is 12.1 Å². The molecule has 0 aliphatic carbocycles. The predicted molar refractivity (Wildman–Crippen MR) is 90.2 cm³/mol. The van der Waals surface area contributed by atoms with Gasteiger partial charge in [0, 0.05) is 13.7 Å². The normalized spacial score (nSPS) is 18.0. The summed E-state index contributed by atoms with van der Waals surface area (Å²) in [6.07, 6.45) is 0. The van der Waals surface area contributed by atoms with Gasteiger partial charge in [-0.3, -0.25) is 4.79 Å². The fourth-order valence-electron chi connectivity index (χ4n) is 2.85. The van der Waals surface area contributed by atoms with Gasteiger partial charge in [0.1, 0.15) is 10.7 Å². The molecule has 0 saturated carbocycles. The number of ether oxygens (including phenoxy) is 1. The van der Waals surface area contributed by atoms with Crippen LogP contribution in [0.4, 0.5) is 4.39 Å². The second-order valence-corrected chi connectivity index (χ2v) is 7.90. The molecule has 2 N–H and O–H groups in total. The summed E-state index contributed by atoms with van der Waals surface area (Å²) in [7, 11) is -2.29. The van der Waals surface area contributed by atoms with Crippen molar-refractivity contribution in [2.24, 2.45) is 0 Å². The Morgan fingerprint density at radius 3 is 2.60 bits per heavy atom. The molecule has 1 amide bonds. The summed E-state index contributed by atoms with van der Waals surface area (Å²) in [6, 6.07) is 5.09. The van der Waals surface area contributed by atoms with Gasteiger partial charge in [0.25, 0.3) is 5.91 Å². The number of nitrogens with zero attached hydrogens (tertiary/aromatic N) is 1. The van der Waals surface area contributed by atoms with Gasteiger partial charge < -0.3 is 15.0 Å². The van der Waals surface area contributed by atoms with E-state index in [-0.39, 0.29) is 29.9 Å². The molecule has 1 saturated heterocycles. The number of carbonyl (C=O) groups excluding carboxylic acids is 1. The molecule has 0 aromatic heterocycles. The second kappa shape index (κ2) is 8.70. The van der Waals surface area contributed by atoms with Crippen molar-refractivity contribution in [2.75, 3.05) is 46.4 Å². The second-order valence-electron chi connectivity index (χ2n) is 6.00. The molecule has 1 atom stereocenters. The van der Waals surface area contributed by atoms with Crippen molar-refractivity contribution in [2.45, 2.75) is 17.9 Å². The highest BCUT2D eigenvalue weighted by Crippen LogP contribution is 2.18. The van der Waals surface area contributed by atoms with Crippen molar-refractivity contribution >= 4 is 15.9 Å². The molecule has 2 rings (SSSR count). The molecule has 0 radical (unpaired) electrons. The Hall–Kier alpha value is -1.55. The van der Waals surface area contributed by atoms with Crippen LogP contribution in [0.15, 0.2) is 29.2 Å². The number of piperazine rings is 1. The fraction of sp³-hybridized carbons (Fsp3) is 0.562. The zero-order chi connectivity index (χ0) is 18.4. The zero-order valence-electron chi connectivity index (χ0n) is 14.5. The molecule has 1 aliphatic rings. The molecular weight excluding hydrogens is 349 g/mol. The number of hydrogen-bond donors (Lipinski definition) is 2. The van der Waals surface area contributed by atoms with Crippen LogP contribution in [0.2, 0.25) is 0 Å². The van der Waals surface area contributed by atoms with E-state index in [0.717, 1.165) is 11.0 Å².